The number of hydrogen-bond acceptors (Lipinski definition) is 4. The smallest absolute Gasteiger partial charge is 0.335 e. The van der Waals surface area contributed by atoms with Crippen LogP contribution in [0.3, 0.4) is 0 Å². The van der Waals surface area contributed by atoms with Crippen molar-refractivity contribution in [2.75, 3.05) is 0 Å². The second kappa shape index (κ2) is 7.27. The standard InChI is InChI=1S/C16H19N3O3/c1-16(2,3)19-14(20)13(8-17)10-18-9-11-4-6-12(7-5-11)15(21)22/h4-7,10,18H,9H2,1-3H3,(H,19,20)(H,21,22)/b13-10-. The van der Waals surface area contributed by atoms with Crippen molar-refractivity contribution < 1.29 is 14.7 Å². The summed E-state index contributed by atoms with van der Waals surface area (Å²) in [5, 5.41) is 23.4. The molecule has 3 N–H and O–H groups in total. The molecule has 0 fully saturated rings. The van der Waals surface area contributed by atoms with E-state index in [1.54, 1.807) is 12.1 Å². The van der Waals surface area contributed by atoms with E-state index >= 15 is 0 Å². The lowest BCUT2D eigenvalue weighted by molar-refractivity contribution is -0.118. The van der Waals surface area contributed by atoms with Gasteiger partial charge in [-0.05, 0) is 38.5 Å². The second-order valence-electron chi connectivity index (χ2n) is 5.76. The highest BCUT2D eigenvalue weighted by atomic mass is 16.4. The van der Waals surface area contributed by atoms with E-state index in [4.69, 9.17) is 10.4 Å². The molecule has 0 atom stereocenters. The number of carboxylic acid groups (broad SMARTS) is 1. The molecule has 0 spiro atoms. The zero-order valence-electron chi connectivity index (χ0n) is 12.8. The van der Waals surface area contributed by atoms with Gasteiger partial charge in [-0.25, -0.2) is 4.79 Å². The van der Waals surface area contributed by atoms with E-state index in [1.807, 2.05) is 26.8 Å². The molecule has 6 nitrogen and oxygen atoms in total. The zero-order chi connectivity index (χ0) is 16.8. The number of amides is 1. The number of nitriles is 1. The lowest BCUT2D eigenvalue weighted by Gasteiger charge is -2.20. The van der Waals surface area contributed by atoms with Crippen LogP contribution in [-0.2, 0) is 11.3 Å². The van der Waals surface area contributed by atoms with E-state index in [0.717, 1.165) is 5.56 Å². The molecule has 1 amide bonds. The maximum absolute atomic E-state index is 11.8. The molecule has 0 aromatic heterocycles. The fourth-order valence-corrected chi connectivity index (χ4v) is 1.59. The van der Waals surface area contributed by atoms with Gasteiger partial charge in [0, 0.05) is 18.3 Å². The van der Waals surface area contributed by atoms with Crippen molar-refractivity contribution in [2.24, 2.45) is 0 Å². The van der Waals surface area contributed by atoms with E-state index in [0.29, 0.717) is 6.54 Å². The van der Waals surface area contributed by atoms with Gasteiger partial charge >= 0.3 is 5.97 Å². The normalized spacial score (nSPS) is 11.5. The number of hydrogen-bond donors (Lipinski definition) is 3. The number of benzene rings is 1. The number of aromatic carboxylic acids is 1. The molecule has 0 unspecified atom stereocenters. The van der Waals surface area contributed by atoms with E-state index in [9.17, 15) is 9.59 Å². The Morgan fingerprint density at radius 1 is 1.27 bits per heavy atom. The lowest BCUT2D eigenvalue weighted by Crippen LogP contribution is -2.41. The van der Waals surface area contributed by atoms with Gasteiger partial charge in [-0.1, -0.05) is 12.1 Å². The van der Waals surface area contributed by atoms with Crippen LogP contribution in [0.4, 0.5) is 0 Å². The Hall–Kier alpha value is -2.81. The van der Waals surface area contributed by atoms with Gasteiger partial charge in [-0.3, -0.25) is 4.79 Å². The van der Waals surface area contributed by atoms with Crippen molar-refractivity contribution in [3.05, 3.63) is 47.2 Å². The van der Waals surface area contributed by atoms with Crippen LogP contribution in [0, 0.1) is 11.3 Å². The third kappa shape index (κ3) is 5.67. The van der Waals surface area contributed by atoms with Crippen LogP contribution in [-0.4, -0.2) is 22.5 Å². The van der Waals surface area contributed by atoms with Gasteiger partial charge in [-0.2, -0.15) is 5.26 Å². The van der Waals surface area contributed by atoms with Crippen molar-refractivity contribution in [1.29, 1.82) is 5.26 Å². The summed E-state index contributed by atoms with van der Waals surface area (Å²) in [4.78, 5) is 22.6. The zero-order valence-corrected chi connectivity index (χ0v) is 12.8. The molecular formula is C16H19N3O3. The van der Waals surface area contributed by atoms with Gasteiger partial charge in [0.05, 0.1) is 5.56 Å². The highest BCUT2D eigenvalue weighted by Gasteiger charge is 2.16. The van der Waals surface area contributed by atoms with Crippen LogP contribution in [0.2, 0.25) is 0 Å². The molecule has 22 heavy (non-hydrogen) atoms. The van der Waals surface area contributed by atoms with Gasteiger partial charge in [-0.15, -0.1) is 0 Å². The summed E-state index contributed by atoms with van der Waals surface area (Å²) in [7, 11) is 0. The van der Waals surface area contributed by atoms with Gasteiger partial charge in [0.15, 0.2) is 0 Å². The number of carbonyl (C=O) groups excluding carboxylic acids is 1. The minimum atomic E-state index is -0.981. The van der Waals surface area contributed by atoms with Crippen molar-refractivity contribution >= 4 is 11.9 Å². The van der Waals surface area contributed by atoms with E-state index in [2.05, 4.69) is 10.6 Å². The fourth-order valence-electron chi connectivity index (χ4n) is 1.59. The first-order valence-electron chi connectivity index (χ1n) is 6.71. The predicted octanol–water partition coefficient (Wildman–Crippen LogP) is 1.80. The van der Waals surface area contributed by atoms with Crippen LogP contribution >= 0.6 is 0 Å². The molecular weight excluding hydrogens is 282 g/mol. The van der Waals surface area contributed by atoms with Gasteiger partial charge in [0.25, 0.3) is 5.91 Å². The Labute approximate surface area is 129 Å². The van der Waals surface area contributed by atoms with Crippen LogP contribution in [0.1, 0.15) is 36.7 Å². The second-order valence-corrected chi connectivity index (χ2v) is 5.76. The third-order valence-electron chi connectivity index (χ3n) is 2.61. The summed E-state index contributed by atoms with van der Waals surface area (Å²) in [6, 6.07) is 8.19. The number of nitrogens with one attached hydrogen (secondary N) is 2. The Morgan fingerprint density at radius 2 is 1.86 bits per heavy atom. The van der Waals surface area contributed by atoms with E-state index < -0.39 is 17.4 Å². The molecule has 116 valence electrons. The fraction of sp³-hybridized carbons (Fsp3) is 0.312. The van der Waals surface area contributed by atoms with Gasteiger partial charge in [0.2, 0.25) is 0 Å². The summed E-state index contributed by atoms with van der Waals surface area (Å²) in [6.45, 7) is 5.87. The molecule has 0 saturated carbocycles. The van der Waals surface area contributed by atoms with Crippen molar-refractivity contribution in [3.8, 4) is 6.07 Å². The molecule has 0 aliphatic heterocycles. The minimum absolute atomic E-state index is 0.0166. The molecule has 1 aromatic carbocycles. The first-order chi connectivity index (χ1) is 10.2. The first kappa shape index (κ1) is 17.2. The van der Waals surface area contributed by atoms with Gasteiger partial charge in [0.1, 0.15) is 11.6 Å². The maximum atomic E-state index is 11.8. The monoisotopic (exact) mass is 301 g/mol. The van der Waals surface area contributed by atoms with Crippen molar-refractivity contribution in [2.45, 2.75) is 32.9 Å². The van der Waals surface area contributed by atoms with Crippen LogP contribution in [0.25, 0.3) is 0 Å². The van der Waals surface area contributed by atoms with Crippen molar-refractivity contribution in [3.63, 3.8) is 0 Å². The molecule has 6 heteroatoms. The van der Waals surface area contributed by atoms with Crippen LogP contribution in [0.15, 0.2) is 36.0 Å². The van der Waals surface area contributed by atoms with Gasteiger partial charge < -0.3 is 15.7 Å². The Balaban J connectivity index is 2.64. The van der Waals surface area contributed by atoms with Crippen LogP contribution < -0.4 is 10.6 Å². The molecule has 0 bridgehead atoms. The number of carbonyl (C=O) groups is 2. The van der Waals surface area contributed by atoms with Crippen LogP contribution in [0.5, 0.6) is 0 Å². The predicted molar refractivity (Wildman–Crippen MR) is 81.8 cm³/mol. The summed E-state index contributed by atoms with van der Waals surface area (Å²) in [6.07, 6.45) is 1.35. The average molecular weight is 301 g/mol. The topological polar surface area (TPSA) is 102 Å². The Morgan fingerprint density at radius 3 is 2.32 bits per heavy atom. The highest BCUT2D eigenvalue weighted by Crippen LogP contribution is 2.05. The summed E-state index contributed by atoms with van der Waals surface area (Å²) >= 11 is 0. The number of nitrogens with zero attached hydrogens (tertiary/aromatic N) is 1. The third-order valence-corrected chi connectivity index (χ3v) is 2.61. The average Bonchev–Trinajstić information content (AvgIpc) is 2.42. The molecule has 0 radical (unpaired) electrons. The quantitative estimate of drug-likeness (QED) is 0.568. The maximum Gasteiger partial charge on any atom is 0.335 e. The highest BCUT2D eigenvalue weighted by molar-refractivity contribution is 5.97. The molecule has 0 saturated heterocycles. The summed E-state index contributed by atoms with van der Waals surface area (Å²) in [5.41, 5.74) is 0.619. The number of carboxylic acids is 1. The number of rotatable bonds is 5. The van der Waals surface area contributed by atoms with E-state index in [-0.39, 0.29) is 11.1 Å². The molecule has 0 aliphatic rings. The largest absolute Gasteiger partial charge is 0.478 e. The molecule has 1 rings (SSSR count). The first-order valence-corrected chi connectivity index (χ1v) is 6.71. The lowest BCUT2D eigenvalue weighted by atomic mass is 10.1. The van der Waals surface area contributed by atoms with E-state index in [1.165, 1.54) is 18.3 Å². The molecule has 1 aromatic rings. The molecule has 0 heterocycles. The summed E-state index contributed by atoms with van der Waals surface area (Å²) < 4.78 is 0. The van der Waals surface area contributed by atoms with Crippen molar-refractivity contribution in [1.82, 2.24) is 10.6 Å². The molecule has 0 aliphatic carbocycles. The minimum Gasteiger partial charge on any atom is -0.478 e. The Bertz CT molecular complexity index is 620. The summed E-state index contributed by atoms with van der Waals surface area (Å²) in [5.74, 6) is -1.42. The Kier molecular flexibility index (Phi) is 5.70. The SMILES string of the molecule is CC(C)(C)NC(=O)/C(C#N)=C\NCc1ccc(C(=O)O)cc1.